The summed E-state index contributed by atoms with van der Waals surface area (Å²) in [5, 5.41) is 11.3. The Morgan fingerprint density at radius 1 is 1.21 bits per heavy atom. The topological polar surface area (TPSA) is 68.5 Å². The Bertz CT molecular complexity index is 534. The van der Waals surface area contributed by atoms with Gasteiger partial charge in [-0.05, 0) is 13.3 Å². The van der Waals surface area contributed by atoms with E-state index in [4.69, 9.17) is 0 Å². The molecule has 0 amide bonds. The van der Waals surface area contributed by atoms with E-state index in [1.54, 1.807) is 6.20 Å². The highest BCUT2D eigenvalue weighted by Crippen LogP contribution is 2.19. The van der Waals surface area contributed by atoms with E-state index in [9.17, 15) is 0 Å². The lowest BCUT2D eigenvalue weighted by atomic mass is 10.2. The van der Waals surface area contributed by atoms with Crippen LogP contribution in [0.15, 0.2) is 12.3 Å². The summed E-state index contributed by atoms with van der Waals surface area (Å²) in [6.45, 7) is 7.91. The van der Waals surface area contributed by atoms with E-state index in [2.05, 4.69) is 46.4 Å². The van der Waals surface area contributed by atoms with E-state index in [1.807, 2.05) is 10.7 Å². The molecular weight excluding hydrogens is 240 g/mol. The van der Waals surface area contributed by atoms with Crippen LogP contribution < -0.4 is 5.32 Å². The molecule has 1 N–H and O–H groups in total. The zero-order valence-corrected chi connectivity index (χ0v) is 11.7. The van der Waals surface area contributed by atoms with Crippen LogP contribution in [-0.4, -0.2) is 31.5 Å². The second kappa shape index (κ2) is 6.26. The standard InChI is InChI=1S/C13H20N6/c1-4-7-19-11(9-15-18-19)10-8-13(14-6-3)17-12(5-2)16-10/h8-9H,4-7H2,1-3H3,(H,14,16,17). The fourth-order valence-corrected chi connectivity index (χ4v) is 1.89. The molecule has 0 spiro atoms. The summed E-state index contributed by atoms with van der Waals surface area (Å²) in [5.41, 5.74) is 1.82. The number of hydrogen-bond donors (Lipinski definition) is 1. The zero-order valence-electron chi connectivity index (χ0n) is 11.7. The van der Waals surface area contributed by atoms with Crippen molar-refractivity contribution in [2.24, 2.45) is 0 Å². The van der Waals surface area contributed by atoms with E-state index in [0.717, 1.165) is 49.0 Å². The summed E-state index contributed by atoms with van der Waals surface area (Å²) in [5.74, 6) is 1.69. The van der Waals surface area contributed by atoms with Crippen molar-refractivity contribution in [2.75, 3.05) is 11.9 Å². The third-order valence-electron chi connectivity index (χ3n) is 2.76. The SMILES string of the molecule is CCCn1nncc1-c1cc(NCC)nc(CC)n1. The molecule has 0 aliphatic heterocycles. The van der Waals surface area contributed by atoms with E-state index in [-0.39, 0.29) is 0 Å². The molecule has 19 heavy (non-hydrogen) atoms. The minimum Gasteiger partial charge on any atom is -0.370 e. The van der Waals surface area contributed by atoms with Crippen molar-refractivity contribution in [1.29, 1.82) is 0 Å². The van der Waals surface area contributed by atoms with Crippen LogP contribution in [0.4, 0.5) is 5.82 Å². The normalized spacial score (nSPS) is 10.7. The van der Waals surface area contributed by atoms with Gasteiger partial charge in [-0.3, -0.25) is 0 Å². The smallest absolute Gasteiger partial charge is 0.131 e. The van der Waals surface area contributed by atoms with Gasteiger partial charge in [0.2, 0.25) is 0 Å². The monoisotopic (exact) mass is 260 g/mol. The highest BCUT2D eigenvalue weighted by Gasteiger charge is 2.10. The van der Waals surface area contributed by atoms with Crippen LogP contribution in [0.3, 0.4) is 0 Å². The maximum Gasteiger partial charge on any atom is 0.131 e. The van der Waals surface area contributed by atoms with E-state index in [1.165, 1.54) is 0 Å². The first kappa shape index (κ1) is 13.5. The minimum absolute atomic E-state index is 0.807. The van der Waals surface area contributed by atoms with Crippen LogP contribution in [0.5, 0.6) is 0 Å². The number of aryl methyl sites for hydroxylation is 2. The van der Waals surface area contributed by atoms with Gasteiger partial charge in [-0.15, -0.1) is 5.10 Å². The van der Waals surface area contributed by atoms with Gasteiger partial charge in [0.25, 0.3) is 0 Å². The van der Waals surface area contributed by atoms with Crippen molar-refractivity contribution in [1.82, 2.24) is 25.0 Å². The number of nitrogens with one attached hydrogen (secondary N) is 1. The molecule has 0 radical (unpaired) electrons. The Morgan fingerprint density at radius 2 is 2.05 bits per heavy atom. The summed E-state index contributed by atoms with van der Waals surface area (Å²) in [4.78, 5) is 9.02. The van der Waals surface area contributed by atoms with Gasteiger partial charge < -0.3 is 5.32 Å². The first-order valence-corrected chi connectivity index (χ1v) is 6.79. The molecule has 2 heterocycles. The molecule has 6 nitrogen and oxygen atoms in total. The van der Waals surface area contributed by atoms with Crippen molar-refractivity contribution >= 4 is 5.82 Å². The van der Waals surface area contributed by atoms with Crippen molar-refractivity contribution in [2.45, 2.75) is 40.2 Å². The Morgan fingerprint density at radius 3 is 2.74 bits per heavy atom. The average molecular weight is 260 g/mol. The molecule has 0 atom stereocenters. The number of rotatable bonds is 6. The molecule has 0 aromatic carbocycles. The minimum atomic E-state index is 0.807. The summed E-state index contributed by atoms with van der Waals surface area (Å²) in [6, 6.07) is 1.95. The Hall–Kier alpha value is -1.98. The quantitative estimate of drug-likeness (QED) is 0.861. The van der Waals surface area contributed by atoms with Crippen molar-refractivity contribution in [3.8, 4) is 11.4 Å². The molecule has 0 aliphatic carbocycles. The van der Waals surface area contributed by atoms with Crippen molar-refractivity contribution < 1.29 is 0 Å². The van der Waals surface area contributed by atoms with Gasteiger partial charge in [0.15, 0.2) is 0 Å². The van der Waals surface area contributed by atoms with Crippen LogP contribution in [0, 0.1) is 0 Å². The van der Waals surface area contributed by atoms with Gasteiger partial charge in [0.1, 0.15) is 17.3 Å². The lowest BCUT2D eigenvalue weighted by Gasteiger charge is -2.09. The second-order valence-electron chi connectivity index (χ2n) is 4.28. The van der Waals surface area contributed by atoms with E-state index >= 15 is 0 Å². The zero-order chi connectivity index (χ0) is 13.7. The number of nitrogens with zero attached hydrogens (tertiary/aromatic N) is 5. The first-order chi connectivity index (χ1) is 9.28. The van der Waals surface area contributed by atoms with Crippen LogP contribution in [0.1, 0.15) is 33.0 Å². The summed E-state index contributed by atoms with van der Waals surface area (Å²) in [7, 11) is 0. The van der Waals surface area contributed by atoms with E-state index < -0.39 is 0 Å². The molecule has 0 aliphatic rings. The molecule has 0 fully saturated rings. The van der Waals surface area contributed by atoms with Crippen LogP contribution in [0.25, 0.3) is 11.4 Å². The summed E-state index contributed by atoms with van der Waals surface area (Å²) >= 11 is 0. The van der Waals surface area contributed by atoms with Gasteiger partial charge in [0.05, 0.1) is 11.9 Å². The second-order valence-corrected chi connectivity index (χ2v) is 4.28. The molecule has 102 valence electrons. The fourth-order valence-electron chi connectivity index (χ4n) is 1.89. The summed E-state index contributed by atoms with van der Waals surface area (Å²) < 4.78 is 1.89. The molecule has 2 aromatic rings. The van der Waals surface area contributed by atoms with Gasteiger partial charge in [-0.1, -0.05) is 19.1 Å². The Labute approximate surface area is 113 Å². The third-order valence-corrected chi connectivity index (χ3v) is 2.76. The molecule has 0 unspecified atom stereocenters. The largest absolute Gasteiger partial charge is 0.370 e. The number of hydrogen-bond acceptors (Lipinski definition) is 5. The molecule has 0 saturated heterocycles. The van der Waals surface area contributed by atoms with Crippen molar-refractivity contribution in [3.05, 3.63) is 18.1 Å². The van der Waals surface area contributed by atoms with Crippen LogP contribution in [0.2, 0.25) is 0 Å². The summed E-state index contributed by atoms with van der Waals surface area (Å²) in [6.07, 6.45) is 3.58. The number of aromatic nitrogens is 5. The van der Waals surface area contributed by atoms with Gasteiger partial charge in [-0.2, -0.15) is 0 Å². The average Bonchev–Trinajstić information content (AvgIpc) is 2.87. The predicted octanol–water partition coefficient (Wildman–Crippen LogP) is 2.14. The molecule has 0 bridgehead atoms. The maximum absolute atomic E-state index is 4.57. The van der Waals surface area contributed by atoms with Gasteiger partial charge in [0, 0.05) is 25.6 Å². The Kier molecular flexibility index (Phi) is 4.43. The van der Waals surface area contributed by atoms with Gasteiger partial charge >= 0.3 is 0 Å². The molecular formula is C13H20N6. The molecule has 2 rings (SSSR count). The highest BCUT2D eigenvalue weighted by molar-refractivity contribution is 5.58. The molecule has 2 aromatic heterocycles. The van der Waals surface area contributed by atoms with E-state index in [0.29, 0.717) is 0 Å². The number of anilines is 1. The lowest BCUT2D eigenvalue weighted by molar-refractivity contribution is 0.583. The molecule has 6 heteroatoms. The predicted molar refractivity (Wildman–Crippen MR) is 74.9 cm³/mol. The van der Waals surface area contributed by atoms with Crippen molar-refractivity contribution in [3.63, 3.8) is 0 Å². The highest BCUT2D eigenvalue weighted by atomic mass is 15.4. The fraction of sp³-hybridized carbons (Fsp3) is 0.538. The third kappa shape index (κ3) is 3.07. The first-order valence-electron chi connectivity index (χ1n) is 6.79. The lowest BCUT2D eigenvalue weighted by Crippen LogP contribution is -2.07. The van der Waals surface area contributed by atoms with Crippen LogP contribution in [-0.2, 0) is 13.0 Å². The van der Waals surface area contributed by atoms with Gasteiger partial charge in [-0.25, -0.2) is 14.6 Å². The van der Waals surface area contributed by atoms with Crippen LogP contribution >= 0.6 is 0 Å². The molecule has 0 saturated carbocycles. The maximum atomic E-state index is 4.57. The Balaban J connectivity index is 2.42.